The maximum absolute atomic E-state index is 11.7. The van der Waals surface area contributed by atoms with Gasteiger partial charge in [0.1, 0.15) is 5.75 Å². The van der Waals surface area contributed by atoms with Crippen LogP contribution in [-0.4, -0.2) is 40.1 Å². The predicted octanol–water partition coefficient (Wildman–Crippen LogP) is -0.234. The molecule has 0 saturated heterocycles. The lowest BCUT2D eigenvalue weighted by Crippen LogP contribution is -2.21. The molecule has 2 N–H and O–H groups in total. The number of aromatic nitrogens is 2. The van der Waals surface area contributed by atoms with E-state index in [0.29, 0.717) is 0 Å². The highest BCUT2D eigenvalue weighted by atomic mass is 19.4. The molecular formula is C6H6BF3N2O4. The molecule has 1 aromatic heterocycles. The SMILES string of the molecule is OB(O)Oc1cnc(OCC(F)(F)F)nc1. The first-order valence-corrected chi connectivity index (χ1v) is 3.91. The number of rotatable bonds is 4. The van der Waals surface area contributed by atoms with Gasteiger partial charge in [-0.05, 0) is 0 Å². The zero-order valence-corrected chi connectivity index (χ0v) is 7.68. The Kier molecular flexibility index (Phi) is 3.90. The van der Waals surface area contributed by atoms with Crippen LogP contribution in [0.15, 0.2) is 12.4 Å². The monoisotopic (exact) mass is 238 g/mol. The first-order chi connectivity index (χ1) is 7.37. The highest BCUT2D eigenvalue weighted by Gasteiger charge is 2.28. The van der Waals surface area contributed by atoms with Crippen LogP contribution in [0.4, 0.5) is 13.2 Å². The van der Waals surface area contributed by atoms with Gasteiger partial charge in [0, 0.05) is 0 Å². The van der Waals surface area contributed by atoms with E-state index in [4.69, 9.17) is 10.0 Å². The van der Waals surface area contributed by atoms with Crippen LogP contribution in [0.5, 0.6) is 11.8 Å². The molecule has 6 nitrogen and oxygen atoms in total. The quantitative estimate of drug-likeness (QED) is 0.704. The van der Waals surface area contributed by atoms with Crippen LogP contribution in [-0.2, 0) is 0 Å². The Morgan fingerprint density at radius 2 is 1.81 bits per heavy atom. The summed E-state index contributed by atoms with van der Waals surface area (Å²) >= 11 is 0. The Balaban J connectivity index is 2.51. The Bertz CT molecular complexity index is 332. The van der Waals surface area contributed by atoms with Gasteiger partial charge in [-0.2, -0.15) is 23.1 Å². The number of nitrogens with zero attached hydrogens (tertiary/aromatic N) is 2. The van der Waals surface area contributed by atoms with E-state index in [1.165, 1.54) is 0 Å². The van der Waals surface area contributed by atoms with Crippen LogP contribution in [0.2, 0.25) is 0 Å². The van der Waals surface area contributed by atoms with Crippen molar-refractivity contribution in [3.8, 4) is 11.8 Å². The summed E-state index contributed by atoms with van der Waals surface area (Å²) in [6.45, 7) is -1.50. The third-order valence-electron chi connectivity index (χ3n) is 1.21. The summed E-state index contributed by atoms with van der Waals surface area (Å²) in [5, 5.41) is 16.8. The molecule has 0 unspecified atom stereocenters. The number of hydrogen-bond donors (Lipinski definition) is 2. The average molecular weight is 238 g/mol. The molecule has 0 saturated carbocycles. The van der Waals surface area contributed by atoms with Crippen molar-refractivity contribution in [2.45, 2.75) is 6.18 Å². The first-order valence-electron chi connectivity index (χ1n) is 3.91. The van der Waals surface area contributed by atoms with Gasteiger partial charge in [-0.3, -0.25) is 0 Å². The summed E-state index contributed by atoms with van der Waals surface area (Å²) in [5.74, 6) is -0.116. The first kappa shape index (κ1) is 12.5. The van der Waals surface area contributed by atoms with Crippen LogP contribution in [0.25, 0.3) is 0 Å². The van der Waals surface area contributed by atoms with Crippen molar-refractivity contribution >= 4 is 7.32 Å². The second-order valence-corrected chi connectivity index (χ2v) is 2.55. The lowest BCUT2D eigenvalue weighted by Gasteiger charge is -2.07. The van der Waals surface area contributed by atoms with Crippen LogP contribution in [0.3, 0.4) is 0 Å². The largest absolute Gasteiger partial charge is 0.707 e. The zero-order valence-electron chi connectivity index (χ0n) is 7.68. The lowest BCUT2D eigenvalue weighted by molar-refractivity contribution is -0.154. The summed E-state index contributed by atoms with van der Waals surface area (Å²) in [5.41, 5.74) is 0. The molecule has 0 aliphatic carbocycles. The Labute approximate surface area is 87.8 Å². The molecule has 0 amide bonds. The fourth-order valence-electron chi connectivity index (χ4n) is 0.708. The van der Waals surface area contributed by atoms with Gasteiger partial charge in [0.15, 0.2) is 6.61 Å². The minimum Gasteiger partial charge on any atom is -0.509 e. The maximum atomic E-state index is 11.7. The molecule has 0 aliphatic rings. The van der Waals surface area contributed by atoms with Gasteiger partial charge in [0.2, 0.25) is 0 Å². The van der Waals surface area contributed by atoms with E-state index in [1.807, 2.05) is 0 Å². The predicted molar refractivity (Wildman–Crippen MR) is 44.4 cm³/mol. The van der Waals surface area contributed by atoms with Gasteiger partial charge in [0.25, 0.3) is 0 Å². The Morgan fingerprint density at radius 1 is 1.25 bits per heavy atom. The van der Waals surface area contributed by atoms with Gasteiger partial charge in [0.05, 0.1) is 12.4 Å². The molecule has 0 atom stereocenters. The van der Waals surface area contributed by atoms with Crippen molar-refractivity contribution in [3.05, 3.63) is 12.4 Å². The standard InChI is InChI=1S/C6H6BF3N2O4/c8-6(9,10)3-15-5-11-1-4(2-12-5)16-7(13)14/h1-2,13-14H,3H2. The minimum atomic E-state index is -4.47. The summed E-state index contributed by atoms with van der Waals surface area (Å²) in [6.07, 6.45) is -2.59. The van der Waals surface area contributed by atoms with E-state index in [-0.39, 0.29) is 5.75 Å². The minimum absolute atomic E-state index is 0.116. The van der Waals surface area contributed by atoms with Gasteiger partial charge in [-0.25, -0.2) is 0 Å². The number of hydrogen-bond acceptors (Lipinski definition) is 6. The van der Waals surface area contributed by atoms with E-state index in [1.54, 1.807) is 0 Å². The second-order valence-electron chi connectivity index (χ2n) is 2.55. The fraction of sp³-hybridized carbons (Fsp3) is 0.333. The van der Waals surface area contributed by atoms with E-state index in [9.17, 15) is 13.2 Å². The molecule has 16 heavy (non-hydrogen) atoms. The third-order valence-corrected chi connectivity index (χ3v) is 1.21. The summed E-state index contributed by atoms with van der Waals surface area (Å²) in [7, 11) is -2.05. The molecule has 0 aromatic carbocycles. The fourth-order valence-corrected chi connectivity index (χ4v) is 0.708. The molecule has 10 heteroatoms. The van der Waals surface area contributed by atoms with Gasteiger partial charge in [-0.1, -0.05) is 0 Å². The maximum Gasteiger partial charge on any atom is 0.707 e. The summed E-state index contributed by atoms with van der Waals surface area (Å²) in [4.78, 5) is 6.71. The zero-order chi connectivity index (χ0) is 12.2. The Morgan fingerprint density at radius 3 is 2.25 bits per heavy atom. The Hall–Kier alpha value is -1.55. The molecule has 0 bridgehead atoms. The molecule has 88 valence electrons. The summed E-state index contributed by atoms with van der Waals surface area (Å²) < 4.78 is 43.7. The smallest absolute Gasteiger partial charge is 0.509 e. The van der Waals surface area contributed by atoms with Gasteiger partial charge >= 0.3 is 19.5 Å². The van der Waals surface area contributed by atoms with Gasteiger partial charge in [-0.15, -0.1) is 0 Å². The van der Waals surface area contributed by atoms with Crippen molar-refractivity contribution in [3.63, 3.8) is 0 Å². The topological polar surface area (TPSA) is 84.7 Å². The van der Waals surface area contributed by atoms with Crippen LogP contribution >= 0.6 is 0 Å². The molecule has 0 radical (unpaired) electrons. The van der Waals surface area contributed by atoms with E-state index < -0.39 is 26.1 Å². The second kappa shape index (κ2) is 4.99. The lowest BCUT2D eigenvalue weighted by atomic mass is 10.2. The highest BCUT2D eigenvalue weighted by molar-refractivity contribution is 6.33. The normalized spacial score (nSPS) is 11.1. The van der Waals surface area contributed by atoms with Crippen LogP contribution < -0.4 is 9.39 Å². The molecule has 0 fully saturated rings. The molecule has 0 aliphatic heterocycles. The van der Waals surface area contributed by atoms with Crippen molar-refractivity contribution in [2.24, 2.45) is 0 Å². The van der Waals surface area contributed by atoms with Crippen molar-refractivity contribution in [2.75, 3.05) is 6.61 Å². The van der Waals surface area contributed by atoms with Crippen molar-refractivity contribution in [1.82, 2.24) is 9.97 Å². The number of ether oxygens (including phenoxy) is 1. The van der Waals surface area contributed by atoms with E-state index in [0.717, 1.165) is 12.4 Å². The molecule has 1 rings (SSSR count). The molecule has 1 aromatic rings. The highest BCUT2D eigenvalue weighted by Crippen LogP contribution is 2.16. The van der Waals surface area contributed by atoms with Crippen LogP contribution in [0, 0.1) is 0 Å². The average Bonchev–Trinajstić information content (AvgIpc) is 2.14. The number of alkyl halides is 3. The molecule has 0 spiro atoms. The number of halogens is 3. The van der Waals surface area contributed by atoms with Gasteiger partial charge < -0.3 is 19.4 Å². The van der Waals surface area contributed by atoms with E-state index >= 15 is 0 Å². The van der Waals surface area contributed by atoms with Crippen molar-refractivity contribution in [1.29, 1.82) is 0 Å². The molecular weight excluding hydrogens is 232 g/mol. The third kappa shape index (κ3) is 4.80. The van der Waals surface area contributed by atoms with Crippen molar-refractivity contribution < 1.29 is 32.6 Å². The van der Waals surface area contributed by atoms with Crippen LogP contribution in [0.1, 0.15) is 0 Å². The summed E-state index contributed by atoms with van der Waals surface area (Å²) in [6, 6.07) is -0.489. The van der Waals surface area contributed by atoms with E-state index in [2.05, 4.69) is 19.4 Å². The molecule has 1 heterocycles.